The average molecular weight is 300 g/mol. The Hall–Kier alpha value is -1.60. The Kier molecular flexibility index (Phi) is 4.67. The molecule has 0 aliphatic carbocycles. The molecular formula is C8CuF4O4. The van der Waals surface area contributed by atoms with Crippen molar-refractivity contribution < 1.29 is 54.4 Å². The SMILES string of the molecule is O=C([O-])c1c(F)c(F)c(C(=O)[O-])c(F)c1F.[Cu+2]. The smallest absolute Gasteiger partial charge is 0.545 e. The third-order valence-corrected chi connectivity index (χ3v) is 1.67. The summed E-state index contributed by atoms with van der Waals surface area (Å²) in [4.78, 5) is 20.3. The zero-order valence-corrected chi connectivity index (χ0v) is 8.39. The maximum Gasteiger partial charge on any atom is 2.00 e. The molecule has 0 unspecified atom stereocenters. The second-order valence-corrected chi connectivity index (χ2v) is 2.58. The molecule has 0 amide bonds. The van der Waals surface area contributed by atoms with Crippen LogP contribution in [0.2, 0.25) is 0 Å². The first-order chi connectivity index (χ1) is 7.29. The van der Waals surface area contributed by atoms with Crippen molar-refractivity contribution in [3.05, 3.63) is 34.4 Å². The largest absolute Gasteiger partial charge is 2.00 e. The van der Waals surface area contributed by atoms with Gasteiger partial charge in [0.25, 0.3) is 0 Å². The zero-order valence-electron chi connectivity index (χ0n) is 7.45. The molecule has 4 nitrogen and oxygen atoms in total. The summed E-state index contributed by atoms with van der Waals surface area (Å²) in [6.45, 7) is 0. The van der Waals surface area contributed by atoms with Crippen molar-refractivity contribution in [3.8, 4) is 0 Å². The molecule has 0 aliphatic heterocycles. The van der Waals surface area contributed by atoms with E-state index < -0.39 is 46.3 Å². The first kappa shape index (κ1) is 15.4. The van der Waals surface area contributed by atoms with Gasteiger partial charge in [-0.15, -0.1) is 0 Å². The quantitative estimate of drug-likeness (QED) is 0.397. The van der Waals surface area contributed by atoms with Crippen molar-refractivity contribution in [2.75, 3.05) is 0 Å². The molecule has 1 rings (SSSR count). The fourth-order valence-corrected chi connectivity index (χ4v) is 0.990. The summed E-state index contributed by atoms with van der Waals surface area (Å²) in [7, 11) is 0. The molecule has 0 bridgehead atoms. The molecule has 1 aromatic carbocycles. The fraction of sp³-hybridized carbons (Fsp3) is 0. The van der Waals surface area contributed by atoms with Gasteiger partial charge in [-0.05, 0) is 0 Å². The number of halogens is 4. The van der Waals surface area contributed by atoms with Crippen molar-refractivity contribution in [3.63, 3.8) is 0 Å². The van der Waals surface area contributed by atoms with Gasteiger partial charge < -0.3 is 19.8 Å². The molecule has 0 atom stereocenters. The minimum absolute atomic E-state index is 0. The van der Waals surface area contributed by atoms with Crippen molar-refractivity contribution in [1.29, 1.82) is 0 Å². The predicted molar refractivity (Wildman–Crippen MR) is 34.9 cm³/mol. The van der Waals surface area contributed by atoms with Crippen LogP contribution in [0.3, 0.4) is 0 Å². The first-order valence-electron chi connectivity index (χ1n) is 3.57. The van der Waals surface area contributed by atoms with Gasteiger partial charge in [0.2, 0.25) is 0 Å². The van der Waals surface area contributed by atoms with Crippen molar-refractivity contribution in [1.82, 2.24) is 0 Å². The van der Waals surface area contributed by atoms with Gasteiger partial charge in [-0.2, -0.15) is 0 Å². The number of aromatic carboxylic acids is 2. The molecule has 0 saturated heterocycles. The van der Waals surface area contributed by atoms with Crippen LogP contribution in [0.5, 0.6) is 0 Å². The molecular weight excluding hydrogens is 300 g/mol. The summed E-state index contributed by atoms with van der Waals surface area (Å²) in [6.07, 6.45) is 0. The number of rotatable bonds is 2. The molecule has 0 saturated carbocycles. The van der Waals surface area contributed by atoms with E-state index in [0.29, 0.717) is 0 Å². The third kappa shape index (κ3) is 2.40. The van der Waals surface area contributed by atoms with E-state index in [2.05, 4.69) is 0 Å². The molecule has 0 aliphatic rings. The Morgan fingerprint density at radius 1 is 0.706 bits per heavy atom. The Bertz CT molecular complexity index is 429. The summed E-state index contributed by atoms with van der Waals surface area (Å²) >= 11 is 0. The van der Waals surface area contributed by atoms with E-state index >= 15 is 0 Å². The molecule has 17 heavy (non-hydrogen) atoms. The van der Waals surface area contributed by atoms with Crippen LogP contribution in [0.4, 0.5) is 17.6 Å². The van der Waals surface area contributed by atoms with Gasteiger partial charge >= 0.3 is 17.1 Å². The van der Waals surface area contributed by atoms with E-state index in [0.717, 1.165) is 0 Å². The van der Waals surface area contributed by atoms with Crippen LogP contribution >= 0.6 is 0 Å². The van der Waals surface area contributed by atoms with Crippen molar-refractivity contribution >= 4 is 11.9 Å². The van der Waals surface area contributed by atoms with E-state index in [4.69, 9.17) is 0 Å². The summed E-state index contributed by atoms with van der Waals surface area (Å²) in [5.41, 5.74) is -4.03. The van der Waals surface area contributed by atoms with Gasteiger partial charge in [0, 0.05) is 0 Å². The summed E-state index contributed by atoms with van der Waals surface area (Å²) < 4.78 is 51.3. The molecule has 1 aromatic rings. The Morgan fingerprint density at radius 3 is 1.00 bits per heavy atom. The standard InChI is InChI=1S/C8H2F4O4.Cu/c9-3-1(7(13)14)4(10)6(12)2(5(3)11)8(15)16;/h(H,13,14)(H,15,16);/q;+2/p-2. The molecule has 0 heterocycles. The third-order valence-electron chi connectivity index (χ3n) is 1.67. The molecule has 95 valence electrons. The summed E-state index contributed by atoms with van der Waals surface area (Å²) in [5, 5.41) is 20.3. The normalized spacial score (nSPS) is 9.65. The van der Waals surface area contributed by atoms with E-state index in [1.165, 1.54) is 0 Å². The van der Waals surface area contributed by atoms with Gasteiger partial charge in [0.05, 0.1) is 23.1 Å². The van der Waals surface area contributed by atoms with Crippen LogP contribution in [0.25, 0.3) is 0 Å². The number of hydrogen-bond acceptors (Lipinski definition) is 4. The minimum atomic E-state index is -2.52. The summed E-state index contributed by atoms with van der Waals surface area (Å²) in [5.74, 6) is -14.5. The maximum atomic E-state index is 12.8. The number of carbonyl (C=O) groups excluding carboxylic acids is 2. The van der Waals surface area contributed by atoms with E-state index in [1.807, 2.05) is 0 Å². The molecule has 0 spiro atoms. The molecule has 0 aromatic heterocycles. The molecule has 0 fully saturated rings. The van der Waals surface area contributed by atoms with Crippen LogP contribution < -0.4 is 10.2 Å². The Morgan fingerprint density at radius 2 is 0.882 bits per heavy atom. The van der Waals surface area contributed by atoms with Gasteiger partial charge in [-0.25, -0.2) is 17.6 Å². The zero-order chi connectivity index (χ0) is 12.6. The van der Waals surface area contributed by atoms with E-state index in [9.17, 15) is 37.4 Å². The van der Waals surface area contributed by atoms with Crippen LogP contribution in [0.15, 0.2) is 0 Å². The molecule has 0 N–H and O–H groups in total. The number of carbonyl (C=O) groups is 2. The van der Waals surface area contributed by atoms with Crippen molar-refractivity contribution in [2.24, 2.45) is 0 Å². The second-order valence-electron chi connectivity index (χ2n) is 2.58. The van der Waals surface area contributed by atoms with E-state index in [1.54, 1.807) is 0 Å². The van der Waals surface area contributed by atoms with Crippen molar-refractivity contribution in [2.45, 2.75) is 0 Å². The molecule has 9 heteroatoms. The summed E-state index contributed by atoms with van der Waals surface area (Å²) in [6, 6.07) is 0. The van der Waals surface area contributed by atoms with Crippen LogP contribution in [-0.4, -0.2) is 11.9 Å². The maximum absolute atomic E-state index is 12.8. The van der Waals surface area contributed by atoms with Crippen LogP contribution in [0, 0.1) is 23.3 Å². The Balaban J connectivity index is 0.00000256. The predicted octanol–water partition coefficient (Wildman–Crippen LogP) is -1.03. The van der Waals surface area contributed by atoms with Gasteiger partial charge in [0.15, 0.2) is 23.3 Å². The van der Waals surface area contributed by atoms with Gasteiger partial charge in [-0.1, -0.05) is 0 Å². The topological polar surface area (TPSA) is 80.3 Å². The molecule has 1 radical (unpaired) electrons. The number of hydrogen-bond donors (Lipinski definition) is 0. The number of carboxylic acids is 2. The van der Waals surface area contributed by atoms with E-state index in [-0.39, 0.29) is 17.1 Å². The second kappa shape index (κ2) is 5.15. The first-order valence-corrected chi connectivity index (χ1v) is 3.57. The number of benzene rings is 1. The average Bonchev–Trinajstić information content (AvgIpc) is 2.14. The fourth-order valence-electron chi connectivity index (χ4n) is 0.990. The van der Waals surface area contributed by atoms with Crippen LogP contribution in [-0.2, 0) is 17.1 Å². The Labute approximate surface area is 101 Å². The monoisotopic (exact) mass is 299 g/mol. The van der Waals surface area contributed by atoms with Gasteiger partial charge in [-0.3, -0.25) is 0 Å². The number of carboxylic acid groups (broad SMARTS) is 2. The minimum Gasteiger partial charge on any atom is -0.545 e. The van der Waals surface area contributed by atoms with Gasteiger partial charge in [0.1, 0.15) is 0 Å². The van der Waals surface area contributed by atoms with Crippen LogP contribution in [0.1, 0.15) is 20.7 Å².